The molecule has 1 saturated carbocycles. The quantitative estimate of drug-likeness (QED) is 0.536. The molecular weight excluding hydrogens is 156 g/mol. The van der Waals surface area contributed by atoms with Gasteiger partial charge >= 0.3 is 0 Å². The van der Waals surface area contributed by atoms with Crippen LogP contribution in [0.4, 0.5) is 0 Å². The van der Waals surface area contributed by atoms with E-state index in [1.54, 1.807) is 6.08 Å². The molecule has 3 heteroatoms. The molecule has 0 aromatic heterocycles. The highest BCUT2D eigenvalue weighted by Crippen LogP contribution is 2.36. The second-order valence-electron chi connectivity index (χ2n) is 3.59. The molecule has 0 saturated heterocycles. The van der Waals surface area contributed by atoms with Crippen LogP contribution in [0.5, 0.6) is 0 Å². The Morgan fingerprint density at radius 3 is 2.92 bits per heavy atom. The Kier molecular flexibility index (Phi) is 1.77. The molecule has 0 heterocycles. The number of carbonyl (C=O) groups excluding carboxylic acids is 1. The van der Waals surface area contributed by atoms with E-state index in [0.29, 0.717) is 12.8 Å². The van der Waals surface area contributed by atoms with Crippen molar-refractivity contribution in [2.75, 3.05) is 0 Å². The zero-order valence-electron chi connectivity index (χ0n) is 6.73. The van der Waals surface area contributed by atoms with E-state index in [-0.39, 0.29) is 11.7 Å². The fraction of sp³-hybridized carbons (Fsp3) is 0.667. The Morgan fingerprint density at radius 1 is 1.42 bits per heavy atom. The van der Waals surface area contributed by atoms with Gasteiger partial charge in [-0.2, -0.15) is 0 Å². The van der Waals surface area contributed by atoms with Crippen molar-refractivity contribution in [3.8, 4) is 0 Å². The van der Waals surface area contributed by atoms with Crippen molar-refractivity contribution in [2.45, 2.75) is 31.5 Å². The summed E-state index contributed by atoms with van der Waals surface area (Å²) in [6.45, 7) is 0. The fourth-order valence-electron chi connectivity index (χ4n) is 2.07. The number of rotatable bonds is 0. The Bertz CT molecular complexity index is 244. The van der Waals surface area contributed by atoms with Crippen molar-refractivity contribution in [1.82, 2.24) is 0 Å². The molecule has 3 nitrogen and oxygen atoms in total. The number of aliphatic hydroxyl groups is 2. The van der Waals surface area contributed by atoms with E-state index in [1.165, 1.54) is 0 Å². The van der Waals surface area contributed by atoms with Crippen LogP contribution in [0.15, 0.2) is 11.6 Å². The Labute approximate surface area is 70.7 Å². The molecule has 0 radical (unpaired) electrons. The number of carbonyl (C=O) groups is 1. The van der Waals surface area contributed by atoms with Gasteiger partial charge in [-0.25, -0.2) is 0 Å². The molecule has 66 valence electrons. The lowest BCUT2D eigenvalue weighted by atomic mass is 9.82. The largest absolute Gasteiger partial charge is 0.390 e. The summed E-state index contributed by atoms with van der Waals surface area (Å²) in [6.07, 6.45) is 1.98. The first-order valence-corrected chi connectivity index (χ1v) is 4.28. The van der Waals surface area contributed by atoms with E-state index >= 15 is 0 Å². The molecular formula is C9H12O3. The molecule has 2 N–H and O–H groups in total. The topological polar surface area (TPSA) is 57.5 Å². The molecule has 12 heavy (non-hydrogen) atoms. The third-order valence-electron chi connectivity index (χ3n) is 2.78. The molecule has 0 amide bonds. The van der Waals surface area contributed by atoms with Gasteiger partial charge in [0.25, 0.3) is 0 Å². The average Bonchev–Trinajstić information content (AvgIpc) is 2.39. The SMILES string of the molecule is O=C1C=C2CC[C@H](O)[C@@H](O)[C@@H]2C1. The highest BCUT2D eigenvalue weighted by Gasteiger charge is 2.38. The summed E-state index contributed by atoms with van der Waals surface area (Å²) < 4.78 is 0. The van der Waals surface area contributed by atoms with Gasteiger partial charge in [0.15, 0.2) is 5.78 Å². The minimum Gasteiger partial charge on any atom is -0.390 e. The van der Waals surface area contributed by atoms with Crippen molar-refractivity contribution in [2.24, 2.45) is 5.92 Å². The van der Waals surface area contributed by atoms with Gasteiger partial charge in [-0.15, -0.1) is 0 Å². The molecule has 0 bridgehead atoms. The summed E-state index contributed by atoms with van der Waals surface area (Å²) in [7, 11) is 0. The second kappa shape index (κ2) is 2.68. The third-order valence-corrected chi connectivity index (χ3v) is 2.78. The highest BCUT2D eigenvalue weighted by molar-refractivity contribution is 5.93. The fourth-order valence-corrected chi connectivity index (χ4v) is 2.07. The summed E-state index contributed by atoms with van der Waals surface area (Å²) in [5.74, 6) is -0.00981. The van der Waals surface area contributed by atoms with E-state index in [0.717, 1.165) is 12.0 Å². The van der Waals surface area contributed by atoms with Crippen molar-refractivity contribution in [3.63, 3.8) is 0 Å². The Morgan fingerprint density at radius 2 is 2.17 bits per heavy atom. The monoisotopic (exact) mass is 168 g/mol. The van der Waals surface area contributed by atoms with Gasteiger partial charge < -0.3 is 10.2 Å². The van der Waals surface area contributed by atoms with Crippen molar-refractivity contribution >= 4 is 5.78 Å². The molecule has 1 fully saturated rings. The minimum atomic E-state index is -0.726. The zero-order chi connectivity index (χ0) is 8.72. The first kappa shape index (κ1) is 7.95. The van der Waals surface area contributed by atoms with Gasteiger partial charge in [0.1, 0.15) is 0 Å². The van der Waals surface area contributed by atoms with Gasteiger partial charge in [0.2, 0.25) is 0 Å². The zero-order valence-corrected chi connectivity index (χ0v) is 6.73. The number of hydrogen-bond donors (Lipinski definition) is 2. The van der Waals surface area contributed by atoms with Crippen LogP contribution in [0.25, 0.3) is 0 Å². The third kappa shape index (κ3) is 1.09. The normalized spacial score (nSPS) is 41.0. The molecule has 2 aliphatic rings. The predicted molar refractivity (Wildman–Crippen MR) is 42.4 cm³/mol. The molecule has 3 atom stereocenters. The lowest BCUT2D eigenvalue weighted by molar-refractivity contribution is -0.115. The summed E-state index contributed by atoms with van der Waals surface area (Å²) in [4.78, 5) is 11.0. The van der Waals surface area contributed by atoms with Crippen LogP contribution in [0.2, 0.25) is 0 Å². The van der Waals surface area contributed by atoms with Gasteiger partial charge in [-0.1, -0.05) is 5.57 Å². The van der Waals surface area contributed by atoms with Crippen LogP contribution < -0.4 is 0 Å². The van der Waals surface area contributed by atoms with Crippen LogP contribution in [-0.4, -0.2) is 28.2 Å². The van der Waals surface area contributed by atoms with Gasteiger partial charge in [-0.3, -0.25) is 4.79 Å². The van der Waals surface area contributed by atoms with E-state index in [4.69, 9.17) is 0 Å². The van der Waals surface area contributed by atoms with E-state index < -0.39 is 12.2 Å². The maximum absolute atomic E-state index is 11.0. The van der Waals surface area contributed by atoms with E-state index in [9.17, 15) is 15.0 Å². The maximum Gasteiger partial charge on any atom is 0.156 e. The average molecular weight is 168 g/mol. The van der Waals surface area contributed by atoms with Gasteiger partial charge in [0, 0.05) is 12.3 Å². The molecule has 0 unspecified atom stereocenters. The van der Waals surface area contributed by atoms with Crippen LogP contribution in [0, 0.1) is 5.92 Å². The lowest BCUT2D eigenvalue weighted by Gasteiger charge is -2.30. The number of aliphatic hydroxyl groups excluding tert-OH is 2. The standard InChI is InChI=1S/C9H12O3/c10-6-3-5-1-2-8(11)9(12)7(5)4-6/h3,7-9,11-12H,1-2,4H2/t7-,8+,9+/m1/s1. The van der Waals surface area contributed by atoms with E-state index in [1.807, 2.05) is 0 Å². The minimum absolute atomic E-state index is 0.0863. The molecule has 0 aromatic rings. The van der Waals surface area contributed by atoms with Crippen molar-refractivity contribution in [3.05, 3.63) is 11.6 Å². The number of hydrogen-bond acceptors (Lipinski definition) is 3. The van der Waals surface area contributed by atoms with Gasteiger partial charge in [-0.05, 0) is 18.9 Å². The smallest absolute Gasteiger partial charge is 0.156 e. The predicted octanol–water partition coefficient (Wildman–Crippen LogP) is 0.0174. The van der Waals surface area contributed by atoms with Gasteiger partial charge in [0.05, 0.1) is 12.2 Å². The van der Waals surface area contributed by atoms with Crippen LogP contribution in [0.1, 0.15) is 19.3 Å². The molecule has 2 aliphatic carbocycles. The van der Waals surface area contributed by atoms with Crippen molar-refractivity contribution in [1.29, 1.82) is 0 Å². The Hall–Kier alpha value is -0.670. The molecule has 0 aromatic carbocycles. The molecule has 0 aliphatic heterocycles. The molecule has 2 rings (SSSR count). The van der Waals surface area contributed by atoms with Crippen LogP contribution in [0.3, 0.4) is 0 Å². The first-order chi connectivity index (χ1) is 5.68. The maximum atomic E-state index is 11.0. The van der Waals surface area contributed by atoms with Crippen LogP contribution >= 0.6 is 0 Å². The van der Waals surface area contributed by atoms with Crippen LogP contribution in [-0.2, 0) is 4.79 Å². The Balaban J connectivity index is 2.20. The molecule has 0 spiro atoms. The van der Waals surface area contributed by atoms with Crippen molar-refractivity contribution < 1.29 is 15.0 Å². The number of ketones is 1. The number of fused-ring (bicyclic) bond motifs is 1. The summed E-state index contributed by atoms with van der Waals surface area (Å²) in [5.41, 5.74) is 1.03. The summed E-state index contributed by atoms with van der Waals surface area (Å²) in [6, 6.07) is 0. The van der Waals surface area contributed by atoms with E-state index in [2.05, 4.69) is 0 Å². The second-order valence-corrected chi connectivity index (χ2v) is 3.59. The highest BCUT2D eigenvalue weighted by atomic mass is 16.3. The lowest BCUT2D eigenvalue weighted by Crippen LogP contribution is -2.37. The summed E-state index contributed by atoms with van der Waals surface area (Å²) in [5, 5.41) is 18.8. The first-order valence-electron chi connectivity index (χ1n) is 4.28. The number of allylic oxidation sites excluding steroid dienone is 1. The summed E-state index contributed by atoms with van der Waals surface area (Å²) >= 11 is 0.